The van der Waals surface area contributed by atoms with Gasteiger partial charge < -0.3 is 9.73 Å². The van der Waals surface area contributed by atoms with Crippen LogP contribution in [0.5, 0.6) is 0 Å². The Morgan fingerprint density at radius 3 is 3.03 bits per heavy atom. The Morgan fingerprint density at radius 2 is 2.17 bits per heavy atom. The number of thioether (sulfide) groups is 2. The molecule has 0 saturated carbocycles. The van der Waals surface area contributed by atoms with E-state index in [9.17, 15) is 4.79 Å². The Morgan fingerprint density at radius 1 is 1.30 bits per heavy atom. The second-order valence-corrected chi connectivity index (χ2v) is 10.6. The summed E-state index contributed by atoms with van der Waals surface area (Å²) < 4.78 is 5.78. The molecular weight excluding hydrogens is 434 g/mol. The van der Waals surface area contributed by atoms with Crippen molar-refractivity contribution in [2.45, 2.75) is 37.2 Å². The lowest BCUT2D eigenvalue weighted by atomic mass is 9.90. The summed E-state index contributed by atoms with van der Waals surface area (Å²) in [5, 5.41) is 11.7. The van der Waals surface area contributed by atoms with Gasteiger partial charge in [0.25, 0.3) is 11.1 Å². The van der Waals surface area contributed by atoms with Crippen LogP contribution in [0, 0.1) is 5.92 Å². The first-order valence-electron chi connectivity index (χ1n) is 10.1. The highest BCUT2D eigenvalue weighted by Gasteiger charge is 2.21. The van der Waals surface area contributed by atoms with Crippen molar-refractivity contribution in [3.8, 4) is 10.8 Å². The summed E-state index contributed by atoms with van der Waals surface area (Å²) in [6, 6.07) is 12.5. The molecule has 1 unspecified atom stereocenters. The Kier molecular flexibility index (Phi) is 7.52. The molecule has 2 heterocycles. The number of nitrogens with one attached hydrogen (secondary N) is 1. The number of hydrogen-bond donors (Lipinski definition) is 1. The van der Waals surface area contributed by atoms with Crippen molar-refractivity contribution in [3.63, 3.8) is 0 Å². The van der Waals surface area contributed by atoms with Crippen LogP contribution in [0.25, 0.3) is 10.8 Å². The highest BCUT2D eigenvalue weighted by Crippen LogP contribution is 2.37. The monoisotopic (exact) mass is 459 g/mol. The maximum Gasteiger partial charge on any atom is 0.277 e. The molecule has 158 valence electrons. The molecule has 1 aromatic carbocycles. The average Bonchev–Trinajstić information content (AvgIpc) is 3.39. The van der Waals surface area contributed by atoms with E-state index in [2.05, 4.69) is 40.6 Å². The summed E-state index contributed by atoms with van der Waals surface area (Å²) in [5.41, 5.74) is 2.73. The summed E-state index contributed by atoms with van der Waals surface area (Å²) in [5.74, 6) is 3.41. The first kappa shape index (κ1) is 21.5. The van der Waals surface area contributed by atoms with E-state index in [4.69, 9.17) is 4.42 Å². The number of thiophene rings is 1. The highest BCUT2D eigenvalue weighted by atomic mass is 32.2. The maximum atomic E-state index is 12.1. The third-order valence-corrected chi connectivity index (χ3v) is 8.03. The van der Waals surface area contributed by atoms with E-state index in [-0.39, 0.29) is 11.7 Å². The van der Waals surface area contributed by atoms with E-state index in [0.717, 1.165) is 35.1 Å². The second-order valence-electron chi connectivity index (χ2n) is 7.46. The molecule has 0 bridgehead atoms. The van der Waals surface area contributed by atoms with Gasteiger partial charge in [-0.05, 0) is 42.4 Å². The predicted molar refractivity (Wildman–Crippen MR) is 125 cm³/mol. The van der Waals surface area contributed by atoms with Crippen molar-refractivity contribution in [3.05, 3.63) is 52.4 Å². The van der Waals surface area contributed by atoms with E-state index in [0.29, 0.717) is 17.7 Å². The zero-order valence-electron chi connectivity index (χ0n) is 16.9. The van der Waals surface area contributed by atoms with Crippen LogP contribution < -0.4 is 5.32 Å². The standard InChI is InChI=1S/C22H25N3O2S3/c1-15-7-8-18-17(11-15)12-19(30-18)21-24-25-22(27-21)29-14-20(26)23-9-10-28-13-16-5-3-2-4-6-16/h2-6,12,15H,7-11,13-14H2,1H3,(H,23,26). The van der Waals surface area contributed by atoms with Gasteiger partial charge in [-0.15, -0.1) is 21.5 Å². The summed E-state index contributed by atoms with van der Waals surface area (Å²) in [6.45, 7) is 2.96. The van der Waals surface area contributed by atoms with Gasteiger partial charge in [-0.25, -0.2) is 0 Å². The number of fused-ring (bicyclic) bond motifs is 1. The first-order valence-corrected chi connectivity index (χ1v) is 13.1. The van der Waals surface area contributed by atoms with Crippen LogP contribution in [0.2, 0.25) is 0 Å². The van der Waals surface area contributed by atoms with Crippen molar-refractivity contribution in [1.82, 2.24) is 15.5 Å². The van der Waals surface area contributed by atoms with E-state index in [1.54, 1.807) is 11.3 Å². The van der Waals surface area contributed by atoms with Gasteiger partial charge >= 0.3 is 0 Å². The molecule has 1 atom stereocenters. The van der Waals surface area contributed by atoms with Gasteiger partial charge in [0.15, 0.2) is 0 Å². The molecule has 30 heavy (non-hydrogen) atoms. The third kappa shape index (κ3) is 5.89. The SMILES string of the molecule is CC1CCc2sc(-c3nnc(SCC(=O)NCCSCc4ccccc4)o3)cc2C1. The van der Waals surface area contributed by atoms with Crippen LogP contribution >= 0.6 is 34.9 Å². The molecular formula is C22H25N3O2S3. The van der Waals surface area contributed by atoms with E-state index in [1.807, 2.05) is 30.0 Å². The molecule has 0 saturated heterocycles. The van der Waals surface area contributed by atoms with Crippen LogP contribution in [-0.4, -0.2) is 34.2 Å². The van der Waals surface area contributed by atoms with E-state index < -0.39 is 0 Å². The number of hydrogen-bond acceptors (Lipinski definition) is 7. The van der Waals surface area contributed by atoms with Gasteiger partial charge in [-0.2, -0.15) is 11.8 Å². The number of aryl methyl sites for hydroxylation is 1. The fraction of sp³-hybridized carbons (Fsp3) is 0.409. The maximum absolute atomic E-state index is 12.1. The molecule has 1 aliphatic carbocycles. The van der Waals surface area contributed by atoms with Gasteiger partial charge in [0, 0.05) is 22.9 Å². The summed E-state index contributed by atoms with van der Waals surface area (Å²) in [6.07, 6.45) is 3.52. The van der Waals surface area contributed by atoms with Crippen molar-refractivity contribution in [2.75, 3.05) is 18.1 Å². The lowest BCUT2D eigenvalue weighted by molar-refractivity contribution is -0.118. The second kappa shape index (κ2) is 10.5. The van der Waals surface area contributed by atoms with E-state index >= 15 is 0 Å². The van der Waals surface area contributed by atoms with Crippen LogP contribution in [0.4, 0.5) is 0 Å². The Labute approximate surface area is 189 Å². The normalized spacial score (nSPS) is 15.7. The molecule has 1 aliphatic rings. The van der Waals surface area contributed by atoms with Crippen molar-refractivity contribution < 1.29 is 9.21 Å². The minimum absolute atomic E-state index is 0.0133. The molecule has 5 nitrogen and oxygen atoms in total. The lowest BCUT2D eigenvalue weighted by Crippen LogP contribution is -2.27. The molecule has 1 amide bonds. The molecule has 0 aliphatic heterocycles. The zero-order chi connectivity index (χ0) is 20.8. The number of aromatic nitrogens is 2. The number of carbonyl (C=O) groups excluding carboxylic acids is 1. The largest absolute Gasteiger partial charge is 0.410 e. The number of nitrogens with zero attached hydrogens (tertiary/aromatic N) is 2. The van der Waals surface area contributed by atoms with Crippen molar-refractivity contribution >= 4 is 40.8 Å². The van der Waals surface area contributed by atoms with Gasteiger partial charge in [0.1, 0.15) is 0 Å². The fourth-order valence-electron chi connectivity index (χ4n) is 3.38. The number of benzene rings is 1. The highest BCUT2D eigenvalue weighted by molar-refractivity contribution is 7.99. The predicted octanol–water partition coefficient (Wildman–Crippen LogP) is 5.06. The molecule has 4 rings (SSSR count). The third-order valence-electron chi connectivity index (χ3n) is 4.95. The quantitative estimate of drug-likeness (QED) is 0.356. The summed E-state index contributed by atoms with van der Waals surface area (Å²) in [4.78, 5) is 14.5. The molecule has 0 radical (unpaired) electrons. The smallest absolute Gasteiger partial charge is 0.277 e. The molecule has 8 heteroatoms. The lowest BCUT2D eigenvalue weighted by Gasteiger charge is -2.16. The Bertz CT molecular complexity index is 971. The Balaban J connectivity index is 1.18. The summed E-state index contributed by atoms with van der Waals surface area (Å²) >= 11 is 4.85. The molecule has 3 aromatic rings. The topological polar surface area (TPSA) is 68.0 Å². The van der Waals surface area contributed by atoms with E-state index in [1.165, 1.54) is 34.2 Å². The number of rotatable bonds is 9. The zero-order valence-corrected chi connectivity index (χ0v) is 19.4. The van der Waals surface area contributed by atoms with Crippen LogP contribution in [-0.2, 0) is 23.4 Å². The number of amides is 1. The van der Waals surface area contributed by atoms with Gasteiger partial charge in [-0.3, -0.25) is 4.79 Å². The molecule has 0 fully saturated rings. The van der Waals surface area contributed by atoms with Gasteiger partial charge in [0.05, 0.1) is 10.6 Å². The molecule has 2 aromatic heterocycles. The van der Waals surface area contributed by atoms with Gasteiger partial charge in [0.2, 0.25) is 5.91 Å². The minimum atomic E-state index is -0.0133. The van der Waals surface area contributed by atoms with Crippen LogP contribution in [0.3, 0.4) is 0 Å². The number of carbonyl (C=O) groups is 1. The van der Waals surface area contributed by atoms with Crippen LogP contribution in [0.15, 0.2) is 46.0 Å². The van der Waals surface area contributed by atoms with Crippen molar-refractivity contribution in [1.29, 1.82) is 0 Å². The average molecular weight is 460 g/mol. The fourth-order valence-corrected chi connectivity index (χ4v) is 5.93. The minimum Gasteiger partial charge on any atom is -0.410 e. The molecule has 1 N–H and O–H groups in total. The van der Waals surface area contributed by atoms with Crippen molar-refractivity contribution in [2.24, 2.45) is 5.92 Å². The van der Waals surface area contributed by atoms with Crippen LogP contribution in [0.1, 0.15) is 29.3 Å². The first-order chi connectivity index (χ1) is 14.7. The Hall–Kier alpha value is -1.77. The molecule has 0 spiro atoms. The van der Waals surface area contributed by atoms with Gasteiger partial charge in [-0.1, -0.05) is 49.0 Å². The summed E-state index contributed by atoms with van der Waals surface area (Å²) in [7, 11) is 0.